The highest BCUT2D eigenvalue weighted by Crippen LogP contribution is 2.13. The fourth-order valence-corrected chi connectivity index (χ4v) is 3.30. The Hall–Kier alpha value is -1.59. The van der Waals surface area contributed by atoms with Crippen molar-refractivity contribution in [3.8, 4) is 0 Å². The molecule has 5 nitrogen and oxygen atoms in total. The summed E-state index contributed by atoms with van der Waals surface area (Å²) in [7, 11) is 0. The second-order valence-corrected chi connectivity index (χ2v) is 7.26. The smallest absolute Gasteiger partial charge is 0.191 e. The molecule has 1 aliphatic heterocycles. The third kappa shape index (κ3) is 9.25. The third-order valence-corrected chi connectivity index (χ3v) is 4.88. The zero-order valence-corrected chi connectivity index (χ0v) is 17.3. The Kier molecular flexibility index (Phi) is 10.9. The van der Waals surface area contributed by atoms with Crippen LogP contribution in [0.25, 0.3) is 0 Å². The van der Waals surface area contributed by atoms with Gasteiger partial charge in [0.2, 0.25) is 0 Å². The van der Waals surface area contributed by atoms with E-state index in [4.69, 9.17) is 9.73 Å². The van der Waals surface area contributed by atoms with Gasteiger partial charge in [0.1, 0.15) is 0 Å². The average Bonchev–Trinajstić information content (AvgIpc) is 2.69. The SMILES string of the molecule is CCCCOCCCN=C(NCC)NC1CCN(Cc2ccccc2)CC1. The molecule has 1 heterocycles. The van der Waals surface area contributed by atoms with Crippen molar-refractivity contribution < 1.29 is 4.74 Å². The van der Waals surface area contributed by atoms with E-state index in [9.17, 15) is 0 Å². The molecule has 2 rings (SSSR count). The minimum absolute atomic E-state index is 0.510. The van der Waals surface area contributed by atoms with Crippen LogP contribution < -0.4 is 10.6 Å². The topological polar surface area (TPSA) is 48.9 Å². The second-order valence-electron chi connectivity index (χ2n) is 7.26. The number of aliphatic imine (C=N–C) groups is 1. The number of rotatable bonds is 11. The number of nitrogens with one attached hydrogen (secondary N) is 2. The fourth-order valence-electron chi connectivity index (χ4n) is 3.30. The summed E-state index contributed by atoms with van der Waals surface area (Å²) in [5.41, 5.74) is 1.40. The maximum absolute atomic E-state index is 5.61. The average molecular weight is 375 g/mol. The molecular weight excluding hydrogens is 336 g/mol. The normalized spacial score (nSPS) is 16.4. The van der Waals surface area contributed by atoms with Gasteiger partial charge in [-0.1, -0.05) is 43.7 Å². The van der Waals surface area contributed by atoms with Crippen LogP contribution in [0.3, 0.4) is 0 Å². The highest BCUT2D eigenvalue weighted by atomic mass is 16.5. The van der Waals surface area contributed by atoms with Gasteiger partial charge in [0.25, 0.3) is 0 Å². The summed E-state index contributed by atoms with van der Waals surface area (Å²) in [6.45, 7) is 11.0. The molecule has 0 amide bonds. The van der Waals surface area contributed by atoms with E-state index in [2.05, 4.69) is 59.7 Å². The first-order chi connectivity index (χ1) is 13.3. The molecule has 0 unspecified atom stereocenters. The molecule has 1 saturated heterocycles. The van der Waals surface area contributed by atoms with Crippen molar-refractivity contribution in [1.29, 1.82) is 0 Å². The number of hydrogen-bond donors (Lipinski definition) is 2. The van der Waals surface area contributed by atoms with Gasteiger partial charge in [0, 0.05) is 52.0 Å². The van der Waals surface area contributed by atoms with E-state index < -0.39 is 0 Å². The van der Waals surface area contributed by atoms with E-state index in [-0.39, 0.29) is 0 Å². The number of benzene rings is 1. The maximum atomic E-state index is 5.61. The Balaban J connectivity index is 1.66. The highest BCUT2D eigenvalue weighted by molar-refractivity contribution is 5.80. The first-order valence-corrected chi connectivity index (χ1v) is 10.7. The molecule has 152 valence electrons. The standard InChI is InChI=1S/C22H38N4O/c1-3-5-17-27-18-9-14-24-22(23-4-2)25-21-12-15-26(16-13-21)19-20-10-7-6-8-11-20/h6-8,10-11,21H,3-5,9,12-19H2,1-2H3,(H2,23,24,25). The largest absolute Gasteiger partial charge is 0.381 e. The summed E-state index contributed by atoms with van der Waals surface area (Å²) in [4.78, 5) is 7.26. The molecule has 1 fully saturated rings. The van der Waals surface area contributed by atoms with Crippen molar-refractivity contribution in [2.24, 2.45) is 4.99 Å². The van der Waals surface area contributed by atoms with Crippen LogP contribution >= 0.6 is 0 Å². The number of unbranched alkanes of at least 4 members (excludes halogenated alkanes) is 1. The minimum atomic E-state index is 0.510. The summed E-state index contributed by atoms with van der Waals surface area (Å²) < 4.78 is 5.61. The molecule has 0 atom stereocenters. The number of piperidine rings is 1. The summed E-state index contributed by atoms with van der Waals surface area (Å²) >= 11 is 0. The predicted molar refractivity (Wildman–Crippen MR) is 114 cm³/mol. The lowest BCUT2D eigenvalue weighted by molar-refractivity contribution is 0.130. The number of ether oxygens (including phenoxy) is 1. The molecular formula is C22H38N4O. The van der Waals surface area contributed by atoms with Crippen molar-refractivity contribution in [2.75, 3.05) is 39.4 Å². The van der Waals surface area contributed by atoms with E-state index in [1.54, 1.807) is 0 Å². The van der Waals surface area contributed by atoms with Crippen LogP contribution in [0.15, 0.2) is 35.3 Å². The highest BCUT2D eigenvalue weighted by Gasteiger charge is 2.19. The Bertz CT molecular complexity index is 512. The molecule has 0 aromatic heterocycles. The first kappa shape index (κ1) is 21.7. The van der Waals surface area contributed by atoms with Crippen molar-refractivity contribution in [1.82, 2.24) is 15.5 Å². The van der Waals surface area contributed by atoms with Crippen LogP contribution in [-0.2, 0) is 11.3 Å². The Morgan fingerprint density at radius 1 is 1.11 bits per heavy atom. The quantitative estimate of drug-likeness (QED) is 0.354. The molecule has 1 aromatic carbocycles. The first-order valence-electron chi connectivity index (χ1n) is 10.7. The van der Waals surface area contributed by atoms with Gasteiger partial charge in [-0.05, 0) is 38.2 Å². The van der Waals surface area contributed by atoms with Gasteiger partial charge >= 0.3 is 0 Å². The molecule has 0 aliphatic carbocycles. The summed E-state index contributed by atoms with van der Waals surface area (Å²) in [5, 5.41) is 7.00. The lowest BCUT2D eigenvalue weighted by atomic mass is 10.0. The van der Waals surface area contributed by atoms with Crippen molar-refractivity contribution >= 4 is 5.96 Å². The molecule has 5 heteroatoms. The molecule has 0 saturated carbocycles. The van der Waals surface area contributed by atoms with Crippen LogP contribution in [0.4, 0.5) is 0 Å². The van der Waals surface area contributed by atoms with Gasteiger partial charge in [-0.3, -0.25) is 9.89 Å². The third-order valence-electron chi connectivity index (χ3n) is 4.88. The molecule has 0 radical (unpaired) electrons. The second kappa shape index (κ2) is 13.6. The molecule has 1 aromatic rings. The van der Waals surface area contributed by atoms with Crippen LogP contribution in [0.1, 0.15) is 51.5 Å². The monoisotopic (exact) mass is 374 g/mol. The molecule has 27 heavy (non-hydrogen) atoms. The lowest BCUT2D eigenvalue weighted by Crippen LogP contribution is -2.48. The van der Waals surface area contributed by atoms with Gasteiger partial charge in [-0.15, -0.1) is 0 Å². The van der Waals surface area contributed by atoms with E-state index in [0.717, 1.165) is 77.6 Å². The Morgan fingerprint density at radius 3 is 2.56 bits per heavy atom. The van der Waals surface area contributed by atoms with E-state index in [1.807, 2.05) is 0 Å². The van der Waals surface area contributed by atoms with Crippen LogP contribution in [0.2, 0.25) is 0 Å². The van der Waals surface area contributed by atoms with Crippen LogP contribution in [0.5, 0.6) is 0 Å². The fraction of sp³-hybridized carbons (Fsp3) is 0.682. The number of nitrogens with zero attached hydrogens (tertiary/aromatic N) is 2. The van der Waals surface area contributed by atoms with E-state index in [0.29, 0.717) is 6.04 Å². The zero-order valence-electron chi connectivity index (χ0n) is 17.3. The molecule has 2 N–H and O–H groups in total. The van der Waals surface area contributed by atoms with Gasteiger partial charge in [-0.25, -0.2) is 0 Å². The van der Waals surface area contributed by atoms with Crippen molar-refractivity contribution in [2.45, 2.75) is 58.5 Å². The molecule has 0 spiro atoms. The van der Waals surface area contributed by atoms with Crippen molar-refractivity contribution in [3.05, 3.63) is 35.9 Å². The molecule has 0 bridgehead atoms. The number of hydrogen-bond acceptors (Lipinski definition) is 3. The minimum Gasteiger partial charge on any atom is -0.381 e. The summed E-state index contributed by atoms with van der Waals surface area (Å²) in [5.74, 6) is 0.951. The van der Waals surface area contributed by atoms with Gasteiger partial charge in [0.05, 0.1) is 0 Å². The van der Waals surface area contributed by atoms with Gasteiger partial charge < -0.3 is 15.4 Å². The number of guanidine groups is 1. The lowest BCUT2D eigenvalue weighted by Gasteiger charge is -2.33. The van der Waals surface area contributed by atoms with Crippen LogP contribution in [0, 0.1) is 0 Å². The summed E-state index contributed by atoms with van der Waals surface area (Å²) in [6.07, 6.45) is 5.65. The Morgan fingerprint density at radius 2 is 1.85 bits per heavy atom. The van der Waals surface area contributed by atoms with E-state index in [1.165, 1.54) is 12.0 Å². The maximum Gasteiger partial charge on any atom is 0.191 e. The summed E-state index contributed by atoms with van der Waals surface area (Å²) in [6, 6.07) is 11.3. The number of likely N-dealkylation sites (tertiary alicyclic amines) is 1. The van der Waals surface area contributed by atoms with Gasteiger partial charge in [0.15, 0.2) is 5.96 Å². The van der Waals surface area contributed by atoms with Gasteiger partial charge in [-0.2, -0.15) is 0 Å². The van der Waals surface area contributed by atoms with E-state index >= 15 is 0 Å². The van der Waals surface area contributed by atoms with Crippen LogP contribution in [-0.4, -0.2) is 56.3 Å². The van der Waals surface area contributed by atoms with Crippen molar-refractivity contribution in [3.63, 3.8) is 0 Å². The Labute approximate surface area is 165 Å². The predicted octanol–water partition coefficient (Wildman–Crippen LogP) is 3.41. The molecule has 1 aliphatic rings. The zero-order chi connectivity index (χ0) is 19.2.